The molecular weight excluding hydrogens is 558 g/mol. The van der Waals surface area contributed by atoms with Crippen molar-refractivity contribution in [1.82, 2.24) is 0 Å². The van der Waals surface area contributed by atoms with Crippen LogP contribution in [0.25, 0.3) is 65.7 Å². The first kappa shape index (κ1) is 26.3. The van der Waals surface area contributed by atoms with Gasteiger partial charge in [-0.3, -0.25) is 0 Å². The largest absolute Gasteiger partial charge is 0.456 e. The summed E-state index contributed by atoms with van der Waals surface area (Å²) >= 11 is 0. The fourth-order valence-electron chi connectivity index (χ4n) is 6.92. The van der Waals surface area contributed by atoms with E-state index in [1.165, 1.54) is 38.2 Å². The van der Waals surface area contributed by atoms with Crippen LogP contribution in [0, 0.1) is 0 Å². The van der Waals surface area contributed by atoms with Crippen LogP contribution in [0.3, 0.4) is 0 Å². The molecule has 0 aliphatic carbocycles. The number of hydrogen-bond donors (Lipinski definition) is 0. The molecule has 1 aromatic heterocycles. The van der Waals surface area contributed by atoms with Crippen molar-refractivity contribution in [1.29, 1.82) is 0 Å². The van der Waals surface area contributed by atoms with Crippen molar-refractivity contribution in [2.24, 2.45) is 0 Å². The number of rotatable bonds is 5. The average Bonchev–Trinajstić information content (AvgIpc) is 3.49. The van der Waals surface area contributed by atoms with Crippen molar-refractivity contribution < 1.29 is 4.42 Å². The molecule has 0 unspecified atom stereocenters. The molecular formula is C44H29NO. The zero-order valence-electron chi connectivity index (χ0n) is 25.1. The Morgan fingerprint density at radius 3 is 1.70 bits per heavy atom. The van der Waals surface area contributed by atoms with Gasteiger partial charge in [-0.05, 0) is 98.4 Å². The van der Waals surface area contributed by atoms with Gasteiger partial charge in [0.05, 0.1) is 0 Å². The molecule has 0 fully saturated rings. The lowest BCUT2D eigenvalue weighted by molar-refractivity contribution is 0.669. The maximum absolute atomic E-state index is 6.66. The molecule has 0 bridgehead atoms. The molecule has 2 nitrogen and oxygen atoms in total. The zero-order valence-corrected chi connectivity index (χ0v) is 25.1. The summed E-state index contributed by atoms with van der Waals surface area (Å²) in [7, 11) is 0. The smallest absolute Gasteiger partial charge is 0.137 e. The van der Waals surface area contributed by atoms with Crippen molar-refractivity contribution >= 4 is 60.5 Å². The molecule has 8 aromatic carbocycles. The molecule has 0 saturated heterocycles. The summed E-state index contributed by atoms with van der Waals surface area (Å²) in [4.78, 5) is 2.27. The second kappa shape index (κ2) is 10.8. The van der Waals surface area contributed by atoms with Gasteiger partial charge in [-0.25, -0.2) is 0 Å². The molecule has 0 saturated carbocycles. The Labute approximate surface area is 267 Å². The Bertz CT molecular complexity index is 2480. The summed E-state index contributed by atoms with van der Waals surface area (Å²) in [6.45, 7) is 0. The minimum absolute atomic E-state index is 0.870. The quantitative estimate of drug-likeness (QED) is 0.186. The van der Waals surface area contributed by atoms with Crippen molar-refractivity contribution in [2.45, 2.75) is 0 Å². The number of hydrogen-bond acceptors (Lipinski definition) is 2. The molecule has 1 heterocycles. The van der Waals surface area contributed by atoms with E-state index in [2.05, 4.69) is 169 Å². The number of anilines is 3. The van der Waals surface area contributed by atoms with E-state index in [0.29, 0.717) is 0 Å². The van der Waals surface area contributed by atoms with Gasteiger partial charge in [0, 0.05) is 33.9 Å². The van der Waals surface area contributed by atoms with Crippen LogP contribution < -0.4 is 4.90 Å². The van der Waals surface area contributed by atoms with Gasteiger partial charge in [-0.15, -0.1) is 0 Å². The lowest BCUT2D eigenvalue weighted by Gasteiger charge is -2.25. The van der Waals surface area contributed by atoms with E-state index in [9.17, 15) is 0 Å². The van der Waals surface area contributed by atoms with Gasteiger partial charge in [0.15, 0.2) is 0 Å². The van der Waals surface area contributed by atoms with Crippen LogP contribution in [-0.4, -0.2) is 0 Å². The SMILES string of the molecule is c1ccc(-c2cccc3c2c(-c2ccc4c(c2)oc2cc(N(c5ccccc5)c5ccccc5)ccc24)cc2ccccc23)cc1. The highest BCUT2D eigenvalue weighted by Gasteiger charge is 2.17. The molecule has 46 heavy (non-hydrogen) atoms. The lowest BCUT2D eigenvalue weighted by Crippen LogP contribution is -2.09. The number of para-hydroxylation sites is 2. The Morgan fingerprint density at radius 2 is 0.957 bits per heavy atom. The van der Waals surface area contributed by atoms with Crippen LogP contribution in [0.2, 0.25) is 0 Å². The summed E-state index contributed by atoms with van der Waals surface area (Å²) in [5.41, 5.74) is 9.80. The van der Waals surface area contributed by atoms with Gasteiger partial charge in [0.1, 0.15) is 11.2 Å². The first-order chi connectivity index (χ1) is 22.8. The second-order valence-electron chi connectivity index (χ2n) is 11.7. The van der Waals surface area contributed by atoms with Gasteiger partial charge in [-0.2, -0.15) is 0 Å². The van der Waals surface area contributed by atoms with Crippen molar-refractivity contribution in [2.75, 3.05) is 4.90 Å². The second-order valence-corrected chi connectivity index (χ2v) is 11.7. The molecule has 9 aromatic rings. The molecule has 0 N–H and O–H groups in total. The maximum Gasteiger partial charge on any atom is 0.137 e. The van der Waals surface area contributed by atoms with Gasteiger partial charge >= 0.3 is 0 Å². The molecule has 0 radical (unpaired) electrons. The first-order valence-corrected chi connectivity index (χ1v) is 15.7. The van der Waals surface area contributed by atoms with Crippen LogP contribution in [0.15, 0.2) is 180 Å². The summed E-state index contributed by atoms with van der Waals surface area (Å²) in [5.74, 6) is 0. The summed E-state index contributed by atoms with van der Waals surface area (Å²) in [6.07, 6.45) is 0. The number of nitrogens with zero attached hydrogens (tertiary/aromatic N) is 1. The highest BCUT2D eigenvalue weighted by Crippen LogP contribution is 2.43. The van der Waals surface area contributed by atoms with E-state index in [4.69, 9.17) is 4.42 Å². The minimum atomic E-state index is 0.870. The van der Waals surface area contributed by atoms with E-state index in [1.807, 2.05) is 12.1 Å². The van der Waals surface area contributed by atoms with E-state index >= 15 is 0 Å². The van der Waals surface area contributed by atoms with Crippen LogP contribution in [-0.2, 0) is 0 Å². The number of benzene rings is 8. The third kappa shape index (κ3) is 4.35. The van der Waals surface area contributed by atoms with Crippen LogP contribution in [0.1, 0.15) is 0 Å². The van der Waals surface area contributed by atoms with Gasteiger partial charge in [0.25, 0.3) is 0 Å². The monoisotopic (exact) mass is 587 g/mol. The molecule has 0 aliphatic rings. The highest BCUT2D eigenvalue weighted by molar-refractivity contribution is 6.19. The van der Waals surface area contributed by atoms with Crippen molar-refractivity contribution in [3.63, 3.8) is 0 Å². The fourth-order valence-corrected chi connectivity index (χ4v) is 6.92. The maximum atomic E-state index is 6.66. The number of furan rings is 1. The van der Waals surface area contributed by atoms with Crippen LogP contribution >= 0.6 is 0 Å². The average molecular weight is 588 g/mol. The van der Waals surface area contributed by atoms with Crippen LogP contribution in [0.4, 0.5) is 17.1 Å². The lowest BCUT2D eigenvalue weighted by atomic mass is 9.88. The summed E-state index contributed by atoms with van der Waals surface area (Å²) in [5, 5.41) is 7.23. The Hall–Kier alpha value is -6.12. The predicted molar refractivity (Wildman–Crippen MR) is 194 cm³/mol. The van der Waals surface area contributed by atoms with E-state index in [0.717, 1.165) is 44.6 Å². The summed E-state index contributed by atoms with van der Waals surface area (Å²) in [6, 6.07) is 62.5. The molecule has 2 heteroatoms. The normalized spacial score (nSPS) is 11.5. The zero-order chi connectivity index (χ0) is 30.5. The van der Waals surface area contributed by atoms with E-state index in [-0.39, 0.29) is 0 Å². The molecule has 0 spiro atoms. The van der Waals surface area contributed by atoms with Gasteiger partial charge in [-0.1, -0.05) is 115 Å². The third-order valence-electron chi connectivity index (χ3n) is 9.02. The molecule has 0 aliphatic heterocycles. The Morgan fingerprint density at radius 1 is 0.348 bits per heavy atom. The number of fused-ring (bicyclic) bond motifs is 6. The molecule has 0 atom stereocenters. The molecule has 0 amide bonds. The van der Waals surface area contributed by atoms with E-state index < -0.39 is 0 Å². The molecule has 216 valence electrons. The van der Waals surface area contributed by atoms with E-state index in [1.54, 1.807) is 0 Å². The predicted octanol–water partition coefficient (Wildman–Crippen LogP) is 12.7. The van der Waals surface area contributed by atoms with Gasteiger partial charge in [0.2, 0.25) is 0 Å². The van der Waals surface area contributed by atoms with Gasteiger partial charge < -0.3 is 9.32 Å². The standard InChI is InChI=1S/C44H29NO/c1-4-13-30(14-5-1)37-21-12-22-40-36-20-11-10-15-31(36)27-41(44(37)40)32-23-25-38-39-26-24-35(29-43(39)46-42(38)28-32)45(33-16-6-2-7-17-33)34-18-8-3-9-19-34/h1-29H. The minimum Gasteiger partial charge on any atom is -0.456 e. The molecule has 9 rings (SSSR count). The highest BCUT2D eigenvalue weighted by atomic mass is 16.3. The van der Waals surface area contributed by atoms with Crippen molar-refractivity contribution in [3.05, 3.63) is 176 Å². The third-order valence-corrected chi connectivity index (χ3v) is 9.02. The summed E-state index contributed by atoms with van der Waals surface area (Å²) < 4.78 is 6.66. The van der Waals surface area contributed by atoms with Crippen molar-refractivity contribution in [3.8, 4) is 22.3 Å². The van der Waals surface area contributed by atoms with Crippen LogP contribution in [0.5, 0.6) is 0 Å². The Kier molecular flexibility index (Phi) is 6.17. The topological polar surface area (TPSA) is 16.4 Å². The fraction of sp³-hybridized carbons (Fsp3) is 0. The Balaban J connectivity index is 1.24. The first-order valence-electron chi connectivity index (χ1n) is 15.7.